The first-order chi connectivity index (χ1) is 13.6. The number of benzene rings is 1. The van der Waals surface area contributed by atoms with Crippen LogP contribution in [-0.2, 0) is 9.59 Å². The lowest BCUT2D eigenvalue weighted by molar-refractivity contribution is -0.136. The highest BCUT2D eigenvalue weighted by Gasteiger charge is 2.25. The van der Waals surface area contributed by atoms with Crippen molar-refractivity contribution in [2.75, 3.05) is 39.2 Å². The number of methoxy groups -OCH3 is 2. The third kappa shape index (κ3) is 4.82. The Balaban J connectivity index is 1.59. The number of nitrogens with one attached hydrogen (secondary N) is 2. The Morgan fingerprint density at radius 3 is 2.50 bits per heavy atom. The fourth-order valence-electron chi connectivity index (χ4n) is 3.35. The summed E-state index contributed by atoms with van der Waals surface area (Å²) in [6, 6.07) is 7.11. The summed E-state index contributed by atoms with van der Waals surface area (Å²) in [6.07, 6.45) is 2.32. The van der Waals surface area contributed by atoms with Crippen LogP contribution in [0, 0.1) is 0 Å². The highest BCUT2D eigenvalue weighted by Crippen LogP contribution is 2.30. The van der Waals surface area contributed by atoms with Crippen molar-refractivity contribution in [3.8, 4) is 11.5 Å². The van der Waals surface area contributed by atoms with Crippen LogP contribution in [0.15, 0.2) is 35.0 Å². The fraction of sp³-hybridized carbons (Fsp3) is 0.400. The van der Waals surface area contributed by atoms with Crippen molar-refractivity contribution < 1.29 is 19.1 Å². The van der Waals surface area contributed by atoms with Gasteiger partial charge in [-0.1, -0.05) is 0 Å². The molecule has 1 saturated heterocycles. The van der Waals surface area contributed by atoms with Crippen LogP contribution in [0.25, 0.3) is 0 Å². The summed E-state index contributed by atoms with van der Waals surface area (Å²) in [7, 11) is 3.05. The van der Waals surface area contributed by atoms with Crippen LogP contribution in [0.4, 0.5) is 5.69 Å². The molecule has 2 heterocycles. The monoisotopic (exact) mass is 403 g/mol. The molecule has 0 saturated carbocycles. The lowest BCUT2D eigenvalue weighted by Crippen LogP contribution is -2.41. The zero-order chi connectivity index (χ0) is 19.9. The van der Waals surface area contributed by atoms with Crippen molar-refractivity contribution in [1.29, 1.82) is 0 Å². The summed E-state index contributed by atoms with van der Waals surface area (Å²) in [4.78, 5) is 27.0. The van der Waals surface area contributed by atoms with Gasteiger partial charge in [0.1, 0.15) is 0 Å². The standard InChI is InChI=1S/C20H25N3O4S/c1-26-17-6-5-15(11-18(17)27-2)22-20(25)19(24)21-12-16(14-7-10-28-13-14)23-8-3-4-9-23/h5-7,10-11,13,16H,3-4,8-9,12H2,1-2H3,(H,21,24)(H,22,25)/t16-/m1/s1. The molecule has 1 aliphatic rings. The summed E-state index contributed by atoms with van der Waals surface area (Å²) in [5, 5.41) is 9.50. The van der Waals surface area contributed by atoms with Crippen molar-refractivity contribution in [3.05, 3.63) is 40.6 Å². The summed E-state index contributed by atoms with van der Waals surface area (Å²) in [6.45, 7) is 2.41. The minimum absolute atomic E-state index is 0.0894. The molecule has 0 radical (unpaired) electrons. The number of nitrogens with zero attached hydrogens (tertiary/aromatic N) is 1. The lowest BCUT2D eigenvalue weighted by atomic mass is 10.1. The first-order valence-corrected chi connectivity index (χ1v) is 10.1. The number of thiophene rings is 1. The highest BCUT2D eigenvalue weighted by atomic mass is 32.1. The minimum Gasteiger partial charge on any atom is -0.493 e. The van der Waals surface area contributed by atoms with E-state index >= 15 is 0 Å². The second-order valence-electron chi connectivity index (χ2n) is 6.55. The maximum atomic E-state index is 12.3. The molecule has 0 aliphatic carbocycles. The smallest absolute Gasteiger partial charge is 0.313 e. The second kappa shape index (κ2) is 9.57. The number of carbonyl (C=O) groups is 2. The van der Waals surface area contributed by atoms with E-state index in [0.717, 1.165) is 25.9 Å². The number of hydrogen-bond acceptors (Lipinski definition) is 6. The Morgan fingerprint density at radius 2 is 1.86 bits per heavy atom. The Kier molecular flexibility index (Phi) is 6.89. The molecule has 0 spiro atoms. The predicted octanol–water partition coefficient (Wildman–Crippen LogP) is 2.66. The SMILES string of the molecule is COc1ccc(NC(=O)C(=O)NC[C@H](c2ccsc2)N2CCCC2)cc1OC. The fourth-order valence-corrected chi connectivity index (χ4v) is 4.05. The minimum atomic E-state index is -0.710. The van der Waals surface area contributed by atoms with Gasteiger partial charge in [0, 0.05) is 18.3 Å². The van der Waals surface area contributed by atoms with Gasteiger partial charge in [0.25, 0.3) is 0 Å². The van der Waals surface area contributed by atoms with E-state index in [0.29, 0.717) is 23.7 Å². The normalized spacial score (nSPS) is 15.1. The van der Waals surface area contributed by atoms with Gasteiger partial charge in [-0.3, -0.25) is 14.5 Å². The Morgan fingerprint density at radius 1 is 1.11 bits per heavy atom. The average molecular weight is 404 g/mol. The molecular formula is C20H25N3O4S. The number of amides is 2. The Labute approximate surface area is 168 Å². The van der Waals surface area contributed by atoms with E-state index in [1.165, 1.54) is 19.8 Å². The van der Waals surface area contributed by atoms with Gasteiger partial charge in [0.2, 0.25) is 0 Å². The number of ether oxygens (including phenoxy) is 2. The third-order valence-corrected chi connectivity index (χ3v) is 5.51. The van der Waals surface area contributed by atoms with Crippen LogP contribution in [0.1, 0.15) is 24.4 Å². The summed E-state index contributed by atoms with van der Waals surface area (Å²) >= 11 is 1.63. The molecule has 2 aromatic rings. The molecule has 150 valence electrons. The summed E-state index contributed by atoms with van der Waals surface area (Å²) in [5.41, 5.74) is 1.64. The maximum Gasteiger partial charge on any atom is 0.313 e. The molecule has 1 aromatic carbocycles. The van der Waals surface area contributed by atoms with Crippen molar-refractivity contribution in [1.82, 2.24) is 10.2 Å². The summed E-state index contributed by atoms with van der Waals surface area (Å²) in [5.74, 6) is -0.339. The van der Waals surface area contributed by atoms with Crippen molar-refractivity contribution in [2.24, 2.45) is 0 Å². The molecule has 8 heteroatoms. The number of likely N-dealkylation sites (tertiary alicyclic amines) is 1. The average Bonchev–Trinajstić information content (AvgIpc) is 3.42. The number of rotatable bonds is 7. The van der Waals surface area contributed by atoms with Crippen molar-refractivity contribution in [3.63, 3.8) is 0 Å². The second-order valence-corrected chi connectivity index (χ2v) is 7.33. The number of carbonyl (C=O) groups excluding carboxylic acids is 2. The van der Waals surface area contributed by atoms with E-state index in [9.17, 15) is 9.59 Å². The van der Waals surface area contributed by atoms with Gasteiger partial charge in [-0.25, -0.2) is 0 Å². The first kappa shape index (κ1) is 20.2. The number of hydrogen-bond donors (Lipinski definition) is 2. The molecule has 28 heavy (non-hydrogen) atoms. The maximum absolute atomic E-state index is 12.3. The quantitative estimate of drug-likeness (QED) is 0.695. The highest BCUT2D eigenvalue weighted by molar-refractivity contribution is 7.08. The molecule has 7 nitrogen and oxygen atoms in total. The molecule has 0 bridgehead atoms. The Bertz CT molecular complexity index is 804. The molecule has 1 aliphatic heterocycles. The third-order valence-electron chi connectivity index (χ3n) is 4.81. The van der Waals surface area contributed by atoms with Crippen molar-refractivity contribution in [2.45, 2.75) is 18.9 Å². The van der Waals surface area contributed by atoms with E-state index in [1.54, 1.807) is 29.5 Å². The molecule has 1 fully saturated rings. The van der Waals surface area contributed by atoms with Gasteiger partial charge < -0.3 is 20.1 Å². The Hall–Kier alpha value is -2.58. The number of anilines is 1. The van der Waals surface area contributed by atoms with E-state index in [4.69, 9.17) is 9.47 Å². The molecule has 2 N–H and O–H groups in total. The molecular weight excluding hydrogens is 378 g/mol. The van der Waals surface area contributed by atoms with Gasteiger partial charge >= 0.3 is 11.8 Å². The van der Waals surface area contributed by atoms with Crippen LogP contribution < -0.4 is 20.1 Å². The van der Waals surface area contributed by atoms with Crippen LogP contribution in [0.2, 0.25) is 0 Å². The van der Waals surface area contributed by atoms with E-state index in [2.05, 4.69) is 27.0 Å². The predicted molar refractivity (Wildman–Crippen MR) is 109 cm³/mol. The van der Waals surface area contributed by atoms with Gasteiger partial charge in [0.15, 0.2) is 11.5 Å². The zero-order valence-electron chi connectivity index (χ0n) is 16.1. The first-order valence-electron chi connectivity index (χ1n) is 9.19. The van der Waals surface area contributed by atoms with Crippen LogP contribution in [-0.4, -0.2) is 50.6 Å². The topological polar surface area (TPSA) is 79.9 Å². The molecule has 2 amide bonds. The van der Waals surface area contributed by atoms with Crippen LogP contribution >= 0.6 is 11.3 Å². The zero-order valence-corrected chi connectivity index (χ0v) is 16.9. The molecule has 1 atom stereocenters. The largest absolute Gasteiger partial charge is 0.493 e. The van der Waals surface area contributed by atoms with E-state index < -0.39 is 11.8 Å². The molecule has 1 aromatic heterocycles. The van der Waals surface area contributed by atoms with Gasteiger partial charge in [-0.15, -0.1) is 0 Å². The van der Waals surface area contributed by atoms with E-state index in [1.807, 2.05) is 5.38 Å². The molecule has 0 unspecified atom stereocenters. The lowest BCUT2D eigenvalue weighted by Gasteiger charge is -2.27. The van der Waals surface area contributed by atoms with Crippen LogP contribution in [0.3, 0.4) is 0 Å². The summed E-state index contributed by atoms with van der Waals surface area (Å²) < 4.78 is 10.4. The van der Waals surface area contributed by atoms with Gasteiger partial charge in [0.05, 0.1) is 20.3 Å². The molecule has 3 rings (SSSR count). The van der Waals surface area contributed by atoms with Gasteiger partial charge in [-0.05, 0) is 60.5 Å². The van der Waals surface area contributed by atoms with E-state index in [-0.39, 0.29) is 6.04 Å². The van der Waals surface area contributed by atoms with Crippen LogP contribution in [0.5, 0.6) is 11.5 Å². The van der Waals surface area contributed by atoms with Gasteiger partial charge in [-0.2, -0.15) is 11.3 Å². The van der Waals surface area contributed by atoms with Crippen molar-refractivity contribution >= 4 is 28.8 Å².